The number of hydrogen-bond donors (Lipinski definition) is 3. The van der Waals surface area contributed by atoms with Gasteiger partial charge in [0.05, 0.1) is 24.2 Å². The lowest BCUT2D eigenvalue weighted by Gasteiger charge is -2.53. The SMILES string of the molecule is CN1C(C)(C)CC(Nc2ccc(-c3ccc(-n4cc(CO)cn4)cc3O)nn2)CC1(C)C. The molecule has 0 amide bonds. The highest BCUT2D eigenvalue weighted by atomic mass is 16.3. The van der Waals surface area contributed by atoms with E-state index in [4.69, 9.17) is 0 Å². The van der Waals surface area contributed by atoms with Crippen LogP contribution in [0.1, 0.15) is 46.1 Å². The van der Waals surface area contributed by atoms with E-state index in [0.717, 1.165) is 18.7 Å². The number of rotatable bonds is 5. The van der Waals surface area contributed by atoms with Crippen molar-refractivity contribution in [3.8, 4) is 22.7 Å². The third kappa shape index (κ3) is 4.33. The second-order valence-corrected chi connectivity index (χ2v) is 9.89. The number of phenolic OH excluding ortho intramolecular Hbond substituents is 1. The van der Waals surface area contributed by atoms with E-state index in [-0.39, 0.29) is 23.4 Å². The fraction of sp³-hybridized carbons (Fsp3) is 0.458. The normalized spacial score (nSPS) is 18.6. The first kappa shape index (κ1) is 22.2. The van der Waals surface area contributed by atoms with Gasteiger partial charge in [-0.1, -0.05) is 0 Å². The molecule has 0 saturated carbocycles. The van der Waals surface area contributed by atoms with Gasteiger partial charge in [-0.25, -0.2) is 4.68 Å². The van der Waals surface area contributed by atoms with Gasteiger partial charge in [-0.15, -0.1) is 10.2 Å². The Morgan fingerprint density at radius 1 is 1.06 bits per heavy atom. The Balaban J connectivity index is 1.49. The smallest absolute Gasteiger partial charge is 0.148 e. The van der Waals surface area contributed by atoms with Crippen molar-refractivity contribution in [2.24, 2.45) is 0 Å². The number of aromatic hydroxyl groups is 1. The fourth-order valence-electron chi connectivity index (χ4n) is 4.70. The maximum Gasteiger partial charge on any atom is 0.148 e. The molecule has 2 aromatic heterocycles. The molecular formula is C24H32N6O2. The number of anilines is 1. The van der Waals surface area contributed by atoms with Crippen molar-refractivity contribution >= 4 is 5.82 Å². The van der Waals surface area contributed by atoms with Crippen LogP contribution in [0.3, 0.4) is 0 Å². The summed E-state index contributed by atoms with van der Waals surface area (Å²) in [5, 5.41) is 36.2. The van der Waals surface area contributed by atoms with E-state index in [1.807, 2.05) is 18.2 Å². The third-order valence-corrected chi connectivity index (χ3v) is 6.66. The maximum absolute atomic E-state index is 10.6. The standard InChI is InChI=1S/C24H32N6O2/c1-23(2)11-17(12-24(3,4)29(23)5)26-22-9-8-20(27-28-22)19-7-6-18(10-21(19)32)30-14-16(15-31)13-25-30/h6-10,13-14,17,31-32H,11-12,15H2,1-5H3,(H,26,28). The highest BCUT2D eigenvalue weighted by Gasteiger charge is 2.43. The van der Waals surface area contributed by atoms with E-state index in [1.165, 1.54) is 0 Å². The van der Waals surface area contributed by atoms with E-state index in [0.29, 0.717) is 28.6 Å². The average Bonchev–Trinajstić information content (AvgIpc) is 3.22. The summed E-state index contributed by atoms with van der Waals surface area (Å²) in [4.78, 5) is 2.45. The summed E-state index contributed by atoms with van der Waals surface area (Å²) in [5.41, 5.74) is 2.78. The molecule has 1 fully saturated rings. The number of benzene rings is 1. The lowest BCUT2D eigenvalue weighted by Crippen LogP contribution is -2.61. The van der Waals surface area contributed by atoms with Crippen LogP contribution in [0, 0.1) is 0 Å². The molecule has 0 atom stereocenters. The molecule has 0 radical (unpaired) electrons. The summed E-state index contributed by atoms with van der Waals surface area (Å²) in [6, 6.07) is 9.35. The van der Waals surface area contributed by atoms with E-state index >= 15 is 0 Å². The molecule has 1 saturated heterocycles. The molecule has 1 aliphatic rings. The highest BCUT2D eigenvalue weighted by Crippen LogP contribution is 2.38. The van der Waals surface area contributed by atoms with E-state index in [1.54, 1.807) is 29.2 Å². The van der Waals surface area contributed by atoms with E-state index < -0.39 is 0 Å². The molecule has 170 valence electrons. The van der Waals surface area contributed by atoms with Crippen molar-refractivity contribution < 1.29 is 10.2 Å². The summed E-state index contributed by atoms with van der Waals surface area (Å²) in [7, 11) is 2.19. The molecule has 1 aromatic carbocycles. The Hall–Kier alpha value is -2.97. The number of aliphatic hydroxyl groups is 1. The predicted molar refractivity (Wildman–Crippen MR) is 125 cm³/mol. The number of likely N-dealkylation sites (tertiary alicyclic amines) is 1. The van der Waals surface area contributed by atoms with Crippen LogP contribution in [0.25, 0.3) is 16.9 Å². The van der Waals surface area contributed by atoms with Gasteiger partial charge in [-0.05, 0) is 71.8 Å². The number of piperidine rings is 1. The average molecular weight is 437 g/mol. The molecular weight excluding hydrogens is 404 g/mol. The monoisotopic (exact) mass is 436 g/mol. The van der Waals surface area contributed by atoms with Gasteiger partial charge in [-0.2, -0.15) is 5.10 Å². The first-order valence-electron chi connectivity index (χ1n) is 10.9. The number of aliphatic hydroxyl groups excluding tert-OH is 1. The van der Waals surface area contributed by atoms with Crippen LogP contribution in [0.5, 0.6) is 5.75 Å². The zero-order chi connectivity index (χ0) is 23.1. The van der Waals surface area contributed by atoms with Crippen LogP contribution < -0.4 is 5.32 Å². The minimum Gasteiger partial charge on any atom is -0.507 e. The van der Waals surface area contributed by atoms with Crippen molar-refractivity contribution in [3.05, 3.63) is 48.3 Å². The fourth-order valence-corrected chi connectivity index (χ4v) is 4.70. The third-order valence-electron chi connectivity index (χ3n) is 6.66. The number of phenols is 1. The van der Waals surface area contributed by atoms with Crippen molar-refractivity contribution in [3.63, 3.8) is 0 Å². The second kappa shape index (κ2) is 8.18. The van der Waals surface area contributed by atoms with Crippen LogP contribution in [0.15, 0.2) is 42.7 Å². The topological polar surface area (TPSA) is 99.3 Å². The minimum absolute atomic E-state index is 0.0768. The quantitative estimate of drug-likeness (QED) is 0.562. The molecule has 0 aliphatic carbocycles. The van der Waals surface area contributed by atoms with Crippen molar-refractivity contribution in [1.29, 1.82) is 0 Å². The molecule has 1 aliphatic heterocycles. The summed E-state index contributed by atoms with van der Waals surface area (Å²) in [6.45, 7) is 9.03. The predicted octanol–water partition coefficient (Wildman–Crippen LogP) is 3.59. The lowest BCUT2D eigenvalue weighted by molar-refractivity contribution is -0.00773. The van der Waals surface area contributed by atoms with Gasteiger partial charge < -0.3 is 15.5 Å². The van der Waals surface area contributed by atoms with Crippen molar-refractivity contribution in [2.45, 2.75) is 64.3 Å². The Labute approximate surface area is 188 Å². The molecule has 32 heavy (non-hydrogen) atoms. The molecule has 3 N–H and O–H groups in total. The van der Waals surface area contributed by atoms with Gasteiger partial charge in [0.1, 0.15) is 11.6 Å². The molecule has 8 nitrogen and oxygen atoms in total. The van der Waals surface area contributed by atoms with E-state index in [9.17, 15) is 10.2 Å². The summed E-state index contributed by atoms with van der Waals surface area (Å²) in [6.07, 6.45) is 5.35. The van der Waals surface area contributed by atoms with Gasteiger partial charge in [0.15, 0.2) is 0 Å². The zero-order valence-corrected chi connectivity index (χ0v) is 19.4. The molecule has 0 spiro atoms. The van der Waals surface area contributed by atoms with Crippen LogP contribution in [-0.2, 0) is 6.61 Å². The van der Waals surface area contributed by atoms with Gasteiger partial charge >= 0.3 is 0 Å². The zero-order valence-electron chi connectivity index (χ0n) is 19.4. The van der Waals surface area contributed by atoms with Gasteiger partial charge in [0, 0.05) is 40.5 Å². The Morgan fingerprint density at radius 2 is 1.78 bits per heavy atom. The number of nitrogens with one attached hydrogen (secondary N) is 1. The maximum atomic E-state index is 10.6. The number of nitrogens with zero attached hydrogens (tertiary/aromatic N) is 5. The molecule has 0 bridgehead atoms. The Morgan fingerprint density at radius 3 is 2.34 bits per heavy atom. The first-order chi connectivity index (χ1) is 15.1. The highest BCUT2D eigenvalue weighted by molar-refractivity contribution is 5.68. The van der Waals surface area contributed by atoms with E-state index in [2.05, 4.69) is 60.3 Å². The molecule has 8 heteroatoms. The largest absolute Gasteiger partial charge is 0.507 e. The number of hydrogen-bond acceptors (Lipinski definition) is 7. The van der Waals surface area contributed by atoms with Gasteiger partial charge in [-0.3, -0.25) is 4.90 Å². The summed E-state index contributed by atoms with van der Waals surface area (Å²) < 4.78 is 1.61. The van der Waals surface area contributed by atoms with Crippen LogP contribution >= 0.6 is 0 Å². The molecule has 4 rings (SSSR count). The molecule has 3 aromatic rings. The minimum atomic E-state index is -0.0768. The van der Waals surface area contributed by atoms with Crippen molar-refractivity contribution in [2.75, 3.05) is 12.4 Å². The van der Waals surface area contributed by atoms with Crippen LogP contribution in [-0.4, -0.2) is 59.3 Å². The summed E-state index contributed by atoms with van der Waals surface area (Å²) in [5.74, 6) is 0.830. The van der Waals surface area contributed by atoms with Crippen molar-refractivity contribution in [1.82, 2.24) is 24.9 Å². The lowest BCUT2D eigenvalue weighted by atomic mass is 9.77. The Kier molecular flexibility index (Phi) is 5.68. The van der Waals surface area contributed by atoms with Gasteiger partial charge in [0.25, 0.3) is 0 Å². The first-order valence-corrected chi connectivity index (χ1v) is 10.9. The van der Waals surface area contributed by atoms with Crippen LogP contribution in [0.2, 0.25) is 0 Å². The Bertz CT molecular complexity index is 1070. The summed E-state index contributed by atoms with van der Waals surface area (Å²) >= 11 is 0. The second-order valence-electron chi connectivity index (χ2n) is 9.89. The van der Waals surface area contributed by atoms with Crippen LogP contribution in [0.4, 0.5) is 5.82 Å². The molecule has 0 unspecified atom stereocenters. The van der Waals surface area contributed by atoms with Gasteiger partial charge in [0.2, 0.25) is 0 Å². The number of aromatic nitrogens is 4. The molecule has 3 heterocycles.